The van der Waals surface area contributed by atoms with Crippen molar-refractivity contribution in [1.29, 1.82) is 0 Å². The van der Waals surface area contributed by atoms with E-state index < -0.39 is 18.5 Å². The van der Waals surface area contributed by atoms with Crippen molar-refractivity contribution in [3.8, 4) is 0 Å². The molecule has 0 unspecified atom stereocenters. The van der Waals surface area contributed by atoms with E-state index in [0.29, 0.717) is 0 Å². The van der Waals surface area contributed by atoms with E-state index in [-0.39, 0.29) is 0 Å². The molecule has 0 N–H and O–H groups in total. The third-order valence-corrected chi connectivity index (χ3v) is 29.3. The Labute approximate surface area is 65.8 Å². The molecule has 1 nitrogen and oxygen atoms in total. The summed E-state index contributed by atoms with van der Waals surface area (Å²) in [4.78, 5) is 0. The Balaban J connectivity index is 4.62. The summed E-state index contributed by atoms with van der Waals surface area (Å²) in [6, 6.07) is 0. The molecular weight excluding hydrogens is 291 g/mol. The first-order chi connectivity index (χ1) is 4.54. The fourth-order valence-corrected chi connectivity index (χ4v) is 12.3. The zero-order chi connectivity index (χ0) is 8.28. The topological polar surface area (TPSA) is 17.1 Å². The molecule has 0 saturated carbocycles. The second kappa shape index (κ2) is 3.38. The van der Waals surface area contributed by atoms with E-state index in [1.807, 2.05) is 0 Å². The second-order valence-corrected chi connectivity index (χ2v) is 28.6. The first-order valence-electron chi connectivity index (χ1n) is 4.45. The molecule has 0 aromatic carbocycles. The van der Waals surface area contributed by atoms with Gasteiger partial charge in [-0.1, -0.05) is 0 Å². The molecule has 2 heteroatoms. The third-order valence-electron chi connectivity index (χ3n) is 3.58. The minimum absolute atomic E-state index is 0.973. The van der Waals surface area contributed by atoms with Gasteiger partial charge in [0.25, 0.3) is 0 Å². The van der Waals surface area contributed by atoms with Crippen LogP contribution in [0.15, 0.2) is 0 Å². The summed E-state index contributed by atoms with van der Waals surface area (Å²) < 4.78 is 16.3. The number of hydrogen-bond donors (Lipinski definition) is 0. The van der Waals surface area contributed by atoms with E-state index >= 15 is 0 Å². The predicted molar refractivity (Wildman–Crippen MR) is 42.6 cm³/mol. The third kappa shape index (κ3) is 1.84. The predicted octanol–water partition coefficient (Wildman–Crippen LogP) is 3.77. The molecule has 0 saturated heterocycles. The molecule has 10 heavy (non-hydrogen) atoms. The summed E-state index contributed by atoms with van der Waals surface area (Å²) in [5, 5.41) is 0. The molecule has 0 aliphatic rings. The van der Waals surface area contributed by atoms with Crippen LogP contribution in [0.25, 0.3) is 0 Å². The number of hydrogen-bond acceptors (Lipinski definition) is 1. The van der Waals surface area contributed by atoms with Gasteiger partial charge in [-0.05, 0) is 0 Å². The molecule has 0 fully saturated rings. The Hall–Kier alpha value is 0.670. The molecule has 0 atom stereocenters. The molecule has 0 aliphatic heterocycles. The molecule has 62 valence electrons. The zero-order valence-corrected chi connectivity index (χ0v) is 11.3. The summed E-state index contributed by atoms with van der Waals surface area (Å²) in [5.74, 6) is 0. The van der Waals surface area contributed by atoms with Gasteiger partial charge in [-0.2, -0.15) is 0 Å². The van der Waals surface area contributed by atoms with Crippen LogP contribution in [0.5, 0.6) is 0 Å². The molecule has 0 aromatic heterocycles. The van der Waals surface area contributed by atoms with Crippen molar-refractivity contribution < 1.29 is 21.4 Å². The van der Waals surface area contributed by atoms with E-state index in [9.17, 15) is 2.85 Å². The van der Waals surface area contributed by atoms with Crippen LogP contribution in [0, 0.1) is 0 Å². The normalized spacial score (nSPS) is 13.7. The summed E-state index contributed by atoms with van der Waals surface area (Å²) in [7, 11) is 0. The first kappa shape index (κ1) is 10.7. The van der Waals surface area contributed by atoms with Gasteiger partial charge in [-0.3, -0.25) is 0 Å². The van der Waals surface area contributed by atoms with Crippen LogP contribution in [-0.2, 0) is 21.4 Å². The Morgan fingerprint density at radius 1 is 0.800 bits per heavy atom. The van der Waals surface area contributed by atoms with Crippen molar-refractivity contribution >= 4 is 0 Å². The fraction of sp³-hybridized carbons (Fsp3) is 1.00. The van der Waals surface area contributed by atoms with Crippen LogP contribution in [0.3, 0.4) is 0 Å². The van der Waals surface area contributed by atoms with Crippen molar-refractivity contribution in [3.63, 3.8) is 0 Å². The Bertz CT molecular complexity index is 123. The van der Waals surface area contributed by atoms with Crippen molar-refractivity contribution in [2.75, 3.05) is 0 Å². The van der Waals surface area contributed by atoms with Gasteiger partial charge in [0.1, 0.15) is 0 Å². The SMILES string of the molecule is C[CH2][Hf](=[O])([CH2]C)([CH2]C)[CH2]C. The van der Waals surface area contributed by atoms with Crippen molar-refractivity contribution in [1.82, 2.24) is 0 Å². The van der Waals surface area contributed by atoms with Crippen LogP contribution in [0.4, 0.5) is 0 Å². The van der Waals surface area contributed by atoms with Gasteiger partial charge in [0.2, 0.25) is 0 Å². The quantitative estimate of drug-likeness (QED) is 0.722. The van der Waals surface area contributed by atoms with Gasteiger partial charge in [-0.25, -0.2) is 0 Å². The molecule has 0 aliphatic carbocycles. The van der Waals surface area contributed by atoms with Crippen molar-refractivity contribution in [3.05, 3.63) is 0 Å². The number of rotatable bonds is 4. The van der Waals surface area contributed by atoms with Crippen molar-refractivity contribution in [2.45, 2.75) is 44.4 Å². The van der Waals surface area contributed by atoms with Crippen molar-refractivity contribution in [2.24, 2.45) is 0 Å². The van der Waals surface area contributed by atoms with Gasteiger partial charge in [0.05, 0.1) is 0 Å². The average Bonchev–Trinajstić information content (AvgIpc) is 2.04. The Morgan fingerprint density at radius 3 is 1.00 bits per heavy atom. The first-order valence-corrected chi connectivity index (χ1v) is 16.1. The van der Waals surface area contributed by atoms with Gasteiger partial charge in [0, 0.05) is 0 Å². The maximum atomic E-state index is 12.4. The molecule has 0 amide bonds. The molecular formula is C8H20HfO. The molecule has 0 rings (SSSR count). The standard InChI is InChI=1S/4C2H5.Hf.O/c4*1-2;;/h4*1H2,2H3;;. The van der Waals surface area contributed by atoms with Gasteiger partial charge in [0.15, 0.2) is 0 Å². The van der Waals surface area contributed by atoms with E-state index in [4.69, 9.17) is 0 Å². The second-order valence-electron chi connectivity index (χ2n) is 3.49. The summed E-state index contributed by atoms with van der Waals surface area (Å²) >= 11 is -3.36. The Kier molecular flexibility index (Phi) is 3.60. The summed E-state index contributed by atoms with van der Waals surface area (Å²) in [6.07, 6.45) is 0. The van der Waals surface area contributed by atoms with E-state index in [1.165, 1.54) is 0 Å². The molecule has 0 heterocycles. The Morgan fingerprint density at radius 2 is 1.00 bits per heavy atom. The van der Waals surface area contributed by atoms with Gasteiger partial charge in [-0.15, -0.1) is 0 Å². The van der Waals surface area contributed by atoms with E-state index in [0.717, 1.165) is 16.7 Å². The fourth-order valence-electron chi connectivity index (χ4n) is 1.50. The van der Waals surface area contributed by atoms with Crippen LogP contribution in [-0.4, -0.2) is 0 Å². The summed E-state index contributed by atoms with van der Waals surface area (Å²) in [6.45, 7) is 8.39. The monoisotopic (exact) mass is 312 g/mol. The molecule has 0 aromatic rings. The molecule has 0 bridgehead atoms. The zero-order valence-electron chi connectivity index (χ0n) is 7.74. The van der Waals surface area contributed by atoms with E-state index in [2.05, 4.69) is 27.7 Å². The van der Waals surface area contributed by atoms with Gasteiger partial charge < -0.3 is 0 Å². The van der Waals surface area contributed by atoms with Crippen LogP contribution >= 0.6 is 0 Å². The van der Waals surface area contributed by atoms with E-state index in [1.54, 1.807) is 0 Å². The summed E-state index contributed by atoms with van der Waals surface area (Å²) in [5.41, 5.74) is 0. The van der Waals surface area contributed by atoms with Crippen LogP contribution in [0.2, 0.25) is 16.7 Å². The maximum absolute atomic E-state index is 12.4. The molecule has 0 spiro atoms. The van der Waals surface area contributed by atoms with Gasteiger partial charge >= 0.3 is 65.8 Å². The minimum atomic E-state index is -3.36. The average molecular weight is 311 g/mol. The van der Waals surface area contributed by atoms with Crippen LogP contribution in [0.1, 0.15) is 27.7 Å². The van der Waals surface area contributed by atoms with Crippen LogP contribution < -0.4 is 0 Å². The molecule has 0 radical (unpaired) electrons.